The normalized spacial score (nSPS) is 17.2. The molecule has 1 fully saturated rings. The lowest BCUT2D eigenvalue weighted by molar-refractivity contribution is -0.175. The number of carbonyl (C=O) groups excluding carboxylic acids is 4. The molecule has 6 N–H and O–H groups in total. The van der Waals surface area contributed by atoms with Gasteiger partial charge in [0.2, 0.25) is 11.9 Å². The van der Waals surface area contributed by atoms with E-state index in [0.717, 1.165) is 12.1 Å². The molecule has 1 aliphatic heterocycles. The number of carbonyl (C=O) groups is 4. The largest absolute Gasteiger partial charge is 0.476 e. The fourth-order valence-corrected chi connectivity index (χ4v) is 3.54. The van der Waals surface area contributed by atoms with E-state index in [9.17, 15) is 46.8 Å². The van der Waals surface area contributed by atoms with Crippen molar-refractivity contribution in [1.82, 2.24) is 15.5 Å². The first-order chi connectivity index (χ1) is 16.8. The topological polar surface area (TPSA) is 171 Å². The maximum atomic E-state index is 13.7. The summed E-state index contributed by atoms with van der Waals surface area (Å²) in [5.41, 5.74) is 4.43. The van der Waals surface area contributed by atoms with Crippen LogP contribution in [0.1, 0.15) is 36.5 Å². The number of nitrogens with two attached hydrogens (primary N) is 1. The van der Waals surface area contributed by atoms with Crippen LogP contribution in [-0.2, 0) is 19.1 Å². The van der Waals surface area contributed by atoms with E-state index < -0.39 is 72.8 Å². The molecule has 3 atom stereocenters. The Kier molecular flexibility index (Phi) is 9.64. The highest BCUT2D eigenvalue weighted by Gasteiger charge is 2.50. The van der Waals surface area contributed by atoms with Gasteiger partial charge in [-0.3, -0.25) is 19.2 Å². The van der Waals surface area contributed by atoms with E-state index in [4.69, 9.17) is 5.73 Å². The smallest absolute Gasteiger partial charge is 0.466 e. The van der Waals surface area contributed by atoms with E-state index in [-0.39, 0.29) is 31.7 Å². The van der Waals surface area contributed by atoms with Crippen LogP contribution >= 0.6 is 0 Å². The zero-order chi connectivity index (χ0) is 27.2. The number of nitrogen functional groups attached to an aromatic ring is 1. The Morgan fingerprint density at radius 3 is 2.47 bits per heavy atom. The summed E-state index contributed by atoms with van der Waals surface area (Å²) in [4.78, 5) is 50.1. The highest BCUT2D eigenvalue weighted by Crippen LogP contribution is 2.27. The van der Waals surface area contributed by atoms with Crippen molar-refractivity contribution in [3.8, 4) is 0 Å². The lowest BCUT2D eigenvalue weighted by Crippen LogP contribution is -2.60. The minimum absolute atomic E-state index is 0.0144. The molecule has 1 saturated heterocycles. The van der Waals surface area contributed by atoms with E-state index in [0.29, 0.717) is 11.0 Å². The number of nitrogens with one attached hydrogen (secondary N) is 2. The maximum Gasteiger partial charge on any atom is 0.476 e. The van der Waals surface area contributed by atoms with Crippen LogP contribution in [0.25, 0.3) is 0 Å². The Bertz CT molecular complexity index is 995. The van der Waals surface area contributed by atoms with Crippen LogP contribution in [0.5, 0.6) is 0 Å². The van der Waals surface area contributed by atoms with E-state index >= 15 is 0 Å². The van der Waals surface area contributed by atoms with Crippen LogP contribution in [0.15, 0.2) is 18.2 Å². The molecular weight excluding hydrogens is 495 g/mol. The quantitative estimate of drug-likeness (QED) is 0.126. The molecule has 3 unspecified atom stereocenters. The molecule has 0 saturated carbocycles. The summed E-state index contributed by atoms with van der Waals surface area (Å²) >= 11 is 0. The van der Waals surface area contributed by atoms with Crippen molar-refractivity contribution in [2.75, 3.05) is 18.9 Å². The van der Waals surface area contributed by atoms with Gasteiger partial charge in [-0.25, -0.2) is 4.39 Å². The van der Waals surface area contributed by atoms with E-state index in [2.05, 4.69) is 10.1 Å². The van der Waals surface area contributed by atoms with Crippen LogP contribution in [0.4, 0.5) is 23.2 Å². The Labute approximate surface area is 203 Å². The van der Waals surface area contributed by atoms with Crippen molar-refractivity contribution in [3.63, 3.8) is 0 Å². The van der Waals surface area contributed by atoms with Crippen molar-refractivity contribution < 1.29 is 51.5 Å². The van der Waals surface area contributed by atoms with Gasteiger partial charge in [0, 0.05) is 12.1 Å². The van der Waals surface area contributed by atoms with Gasteiger partial charge in [-0.1, -0.05) is 0 Å². The molecule has 16 heteroatoms. The van der Waals surface area contributed by atoms with Gasteiger partial charge in [0.25, 0.3) is 11.8 Å². The Hall–Kier alpha value is -3.40. The molecular formula is C20H25BF4N4O7. The highest BCUT2D eigenvalue weighted by atomic mass is 19.4. The minimum atomic E-state index is -5.27. The fraction of sp³-hybridized carbons (Fsp3) is 0.500. The van der Waals surface area contributed by atoms with E-state index in [1.165, 1.54) is 12.2 Å². The average Bonchev–Trinajstić information content (AvgIpc) is 3.27. The minimum Gasteiger partial charge on any atom is -0.466 e. The summed E-state index contributed by atoms with van der Waals surface area (Å²) in [7, 11) is -2.20. The number of halogens is 4. The van der Waals surface area contributed by atoms with Gasteiger partial charge in [0.15, 0.2) is 0 Å². The lowest BCUT2D eigenvalue weighted by atomic mass is 9.77. The summed E-state index contributed by atoms with van der Waals surface area (Å²) in [6, 6.07) is -1.95. The number of hydrogen-bond donors (Lipinski definition) is 5. The third kappa shape index (κ3) is 7.30. The molecule has 11 nitrogen and oxygen atoms in total. The van der Waals surface area contributed by atoms with Gasteiger partial charge in [0.1, 0.15) is 11.9 Å². The van der Waals surface area contributed by atoms with Crippen molar-refractivity contribution in [2.24, 2.45) is 0 Å². The Morgan fingerprint density at radius 1 is 1.25 bits per heavy atom. The number of benzene rings is 1. The second-order valence-corrected chi connectivity index (χ2v) is 7.91. The molecule has 1 heterocycles. The van der Waals surface area contributed by atoms with Crippen LogP contribution in [0, 0.1) is 5.82 Å². The molecule has 36 heavy (non-hydrogen) atoms. The number of amides is 3. The molecule has 0 spiro atoms. The zero-order valence-electron chi connectivity index (χ0n) is 19.0. The number of esters is 1. The van der Waals surface area contributed by atoms with Crippen LogP contribution in [0.2, 0.25) is 0 Å². The number of likely N-dealkylation sites (tertiary alicyclic amines) is 1. The first kappa shape index (κ1) is 28.8. The van der Waals surface area contributed by atoms with Crippen molar-refractivity contribution in [3.05, 3.63) is 29.6 Å². The highest BCUT2D eigenvalue weighted by molar-refractivity contribution is 6.44. The summed E-state index contributed by atoms with van der Waals surface area (Å²) in [6.45, 7) is 1.22. The van der Waals surface area contributed by atoms with Gasteiger partial charge in [0.05, 0.1) is 24.7 Å². The number of nitrogens with zero attached hydrogens (tertiary/aromatic N) is 1. The predicted octanol–water partition coefficient (Wildman–Crippen LogP) is -0.490. The third-order valence-corrected chi connectivity index (χ3v) is 5.33. The second-order valence-electron chi connectivity index (χ2n) is 7.91. The SMILES string of the molecule is CCOC(=O)CC(NC(=O)C1CCCN1C(=O)C(NC(=O)c1ccc(N)c(F)c1)C(F)(F)F)B(O)O. The lowest BCUT2D eigenvalue weighted by Gasteiger charge is -2.30. The monoisotopic (exact) mass is 520 g/mol. The number of rotatable bonds is 9. The third-order valence-electron chi connectivity index (χ3n) is 5.33. The molecule has 1 aliphatic rings. The summed E-state index contributed by atoms with van der Waals surface area (Å²) in [6.07, 6.45) is -5.84. The second kappa shape index (κ2) is 12.0. The van der Waals surface area contributed by atoms with Gasteiger partial charge >= 0.3 is 19.3 Å². The molecule has 2 rings (SSSR count). The van der Waals surface area contributed by atoms with Crippen LogP contribution in [-0.4, -0.2) is 83.1 Å². The molecule has 0 aromatic heterocycles. The standard InChI is InChI=1S/C20H25BF4N4O7/c1-2-36-15(30)9-14(21(34)35)27-18(32)13-4-3-7-29(13)19(33)16(20(23,24)25)28-17(31)10-5-6-12(26)11(22)8-10/h5-6,8,13-14,16,34-35H,2-4,7,9,26H2,1H3,(H,27,32)(H,28,31). The zero-order valence-corrected chi connectivity index (χ0v) is 19.0. The van der Waals surface area contributed by atoms with Gasteiger partial charge in [-0.05, 0) is 38.0 Å². The first-order valence-electron chi connectivity index (χ1n) is 10.8. The summed E-state index contributed by atoms with van der Waals surface area (Å²) < 4.78 is 59.5. The van der Waals surface area contributed by atoms with Crippen LogP contribution < -0.4 is 16.4 Å². The van der Waals surface area contributed by atoms with Gasteiger partial charge in [-0.2, -0.15) is 13.2 Å². The van der Waals surface area contributed by atoms with Gasteiger partial charge < -0.3 is 36.1 Å². The van der Waals surface area contributed by atoms with E-state index in [1.807, 2.05) is 0 Å². The summed E-state index contributed by atoms with van der Waals surface area (Å²) in [5, 5.41) is 22.6. The molecule has 198 valence electrons. The average molecular weight is 520 g/mol. The number of hydrogen-bond acceptors (Lipinski definition) is 8. The van der Waals surface area contributed by atoms with Crippen LogP contribution in [0.3, 0.4) is 0 Å². The Morgan fingerprint density at radius 2 is 1.92 bits per heavy atom. The molecule has 0 radical (unpaired) electrons. The fourth-order valence-electron chi connectivity index (χ4n) is 3.54. The maximum absolute atomic E-state index is 13.7. The number of ether oxygens (including phenoxy) is 1. The summed E-state index contributed by atoms with van der Waals surface area (Å²) in [5.74, 6) is -7.53. The number of alkyl halides is 3. The van der Waals surface area contributed by atoms with Crippen molar-refractivity contribution >= 4 is 36.5 Å². The number of anilines is 1. The molecule has 3 amide bonds. The Balaban J connectivity index is 2.19. The van der Waals surface area contributed by atoms with Gasteiger partial charge in [-0.15, -0.1) is 0 Å². The van der Waals surface area contributed by atoms with Crippen molar-refractivity contribution in [2.45, 2.75) is 50.4 Å². The molecule has 0 bridgehead atoms. The molecule has 1 aromatic carbocycles. The first-order valence-corrected chi connectivity index (χ1v) is 10.8. The molecule has 1 aromatic rings. The predicted molar refractivity (Wildman–Crippen MR) is 116 cm³/mol. The van der Waals surface area contributed by atoms with Crippen molar-refractivity contribution in [1.29, 1.82) is 0 Å². The molecule has 0 aliphatic carbocycles. The van der Waals surface area contributed by atoms with E-state index in [1.54, 1.807) is 0 Å².